The molecule has 0 bridgehead atoms. The van der Waals surface area contributed by atoms with Crippen LogP contribution in [0, 0.1) is 6.92 Å². The zero-order valence-corrected chi connectivity index (χ0v) is 16.5. The first-order chi connectivity index (χ1) is 12.6. The van der Waals surface area contributed by atoms with Gasteiger partial charge in [-0.1, -0.05) is 0 Å². The first-order valence-corrected chi connectivity index (χ1v) is 10.8. The Morgan fingerprint density at radius 1 is 1.35 bits per heavy atom. The summed E-state index contributed by atoms with van der Waals surface area (Å²) in [5, 5.41) is 6.55. The van der Waals surface area contributed by atoms with Gasteiger partial charge in [0.25, 0.3) is 0 Å². The summed E-state index contributed by atoms with van der Waals surface area (Å²) < 4.78 is 5.97. The zero-order valence-electron chi connectivity index (χ0n) is 15.7. The van der Waals surface area contributed by atoms with Gasteiger partial charge in [0.15, 0.2) is 0 Å². The number of carbonyl (C=O) groups is 1. The number of ether oxygens (including phenoxy) is 1. The molecule has 4 rings (SSSR count). The van der Waals surface area contributed by atoms with Crippen LogP contribution in [0.1, 0.15) is 49.2 Å². The fraction of sp³-hybridized carbons (Fsp3) is 0.789. The Bertz CT molecular complexity index is 631. The van der Waals surface area contributed by atoms with Crippen molar-refractivity contribution >= 4 is 17.4 Å². The molecule has 1 atom stereocenters. The molecule has 1 aromatic rings. The second kappa shape index (κ2) is 7.82. The standard InChI is InChI=1S/C19H30N4O2S/c1-15-20-17(14-26-15)13-22-7-3-8-23(10-9-22)18(24)21-16-4-11-25-19(12-16)5-2-6-19/h14,16H,2-13H2,1H3,(H,21,24). The highest BCUT2D eigenvalue weighted by Crippen LogP contribution is 2.42. The number of thiazole rings is 1. The Kier molecular flexibility index (Phi) is 5.47. The van der Waals surface area contributed by atoms with Crippen molar-refractivity contribution in [2.45, 2.75) is 63.6 Å². The quantitative estimate of drug-likeness (QED) is 0.879. The van der Waals surface area contributed by atoms with Crippen LogP contribution in [0.15, 0.2) is 5.38 Å². The number of nitrogens with zero attached hydrogens (tertiary/aromatic N) is 3. The maximum Gasteiger partial charge on any atom is 0.317 e. The molecule has 3 aliphatic rings. The SMILES string of the molecule is Cc1nc(CN2CCCN(C(=O)NC3CCOC4(CCC4)C3)CC2)cs1. The highest BCUT2D eigenvalue weighted by atomic mass is 32.1. The van der Waals surface area contributed by atoms with E-state index in [1.165, 1.54) is 6.42 Å². The molecular weight excluding hydrogens is 348 g/mol. The molecule has 7 heteroatoms. The van der Waals surface area contributed by atoms with E-state index in [0.29, 0.717) is 0 Å². The molecule has 144 valence electrons. The van der Waals surface area contributed by atoms with Gasteiger partial charge in [0.2, 0.25) is 0 Å². The number of carbonyl (C=O) groups excluding carboxylic acids is 1. The van der Waals surface area contributed by atoms with Crippen LogP contribution in [0.3, 0.4) is 0 Å². The smallest absolute Gasteiger partial charge is 0.317 e. The summed E-state index contributed by atoms with van der Waals surface area (Å²) in [7, 11) is 0. The average Bonchev–Trinajstić information content (AvgIpc) is 2.87. The lowest BCUT2D eigenvalue weighted by Gasteiger charge is -2.47. The minimum Gasteiger partial charge on any atom is -0.375 e. The van der Waals surface area contributed by atoms with Gasteiger partial charge in [0.05, 0.1) is 16.3 Å². The van der Waals surface area contributed by atoms with Crippen molar-refractivity contribution < 1.29 is 9.53 Å². The third-order valence-electron chi connectivity index (χ3n) is 6.01. The minimum absolute atomic E-state index is 0.0808. The Morgan fingerprint density at radius 2 is 2.23 bits per heavy atom. The number of aromatic nitrogens is 1. The van der Waals surface area contributed by atoms with E-state index in [1.54, 1.807) is 11.3 Å². The molecular formula is C19H30N4O2S. The predicted molar refractivity (Wildman–Crippen MR) is 102 cm³/mol. The van der Waals surface area contributed by atoms with E-state index in [-0.39, 0.29) is 17.7 Å². The summed E-state index contributed by atoms with van der Waals surface area (Å²) in [6.07, 6.45) is 6.54. The fourth-order valence-electron chi connectivity index (χ4n) is 4.38. The zero-order chi connectivity index (χ0) is 18.0. The van der Waals surface area contributed by atoms with E-state index < -0.39 is 0 Å². The summed E-state index contributed by atoms with van der Waals surface area (Å²) in [4.78, 5) is 21.7. The largest absolute Gasteiger partial charge is 0.375 e. The predicted octanol–water partition coefficient (Wildman–Crippen LogP) is 2.77. The molecule has 2 saturated heterocycles. The Labute approximate surface area is 159 Å². The van der Waals surface area contributed by atoms with Crippen molar-refractivity contribution in [1.29, 1.82) is 0 Å². The summed E-state index contributed by atoms with van der Waals surface area (Å²) >= 11 is 1.71. The van der Waals surface area contributed by atoms with Crippen LogP contribution < -0.4 is 5.32 Å². The van der Waals surface area contributed by atoms with Crippen LogP contribution in [-0.2, 0) is 11.3 Å². The van der Waals surface area contributed by atoms with Crippen molar-refractivity contribution in [2.75, 3.05) is 32.8 Å². The molecule has 2 aliphatic heterocycles. The van der Waals surface area contributed by atoms with E-state index >= 15 is 0 Å². The second-order valence-electron chi connectivity index (χ2n) is 8.00. The average molecular weight is 379 g/mol. The van der Waals surface area contributed by atoms with E-state index in [0.717, 1.165) is 82.1 Å². The maximum atomic E-state index is 12.7. The topological polar surface area (TPSA) is 57.7 Å². The third kappa shape index (κ3) is 4.21. The van der Waals surface area contributed by atoms with Crippen LogP contribution in [0.2, 0.25) is 0 Å². The summed E-state index contributed by atoms with van der Waals surface area (Å²) in [6.45, 7) is 7.30. The highest BCUT2D eigenvalue weighted by molar-refractivity contribution is 7.09. The van der Waals surface area contributed by atoms with E-state index in [9.17, 15) is 4.79 Å². The maximum absolute atomic E-state index is 12.7. The van der Waals surface area contributed by atoms with Crippen molar-refractivity contribution in [3.8, 4) is 0 Å². The van der Waals surface area contributed by atoms with Gasteiger partial charge in [-0.05, 0) is 45.4 Å². The summed E-state index contributed by atoms with van der Waals surface area (Å²) in [5.41, 5.74) is 1.23. The van der Waals surface area contributed by atoms with Gasteiger partial charge in [-0.25, -0.2) is 9.78 Å². The van der Waals surface area contributed by atoms with Crippen LogP contribution in [0.5, 0.6) is 0 Å². The molecule has 1 aromatic heterocycles. The Morgan fingerprint density at radius 3 is 2.96 bits per heavy atom. The van der Waals surface area contributed by atoms with E-state index in [1.807, 2.05) is 11.8 Å². The van der Waals surface area contributed by atoms with Crippen LogP contribution in [0.4, 0.5) is 4.79 Å². The lowest BCUT2D eigenvalue weighted by atomic mass is 9.74. The fourth-order valence-corrected chi connectivity index (χ4v) is 4.98. The van der Waals surface area contributed by atoms with Gasteiger partial charge in [-0.2, -0.15) is 0 Å². The summed E-state index contributed by atoms with van der Waals surface area (Å²) in [6, 6.07) is 0.381. The van der Waals surface area contributed by atoms with Gasteiger partial charge in [0.1, 0.15) is 0 Å². The number of rotatable bonds is 3. The van der Waals surface area contributed by atoms with Crippen molar-refractivity contribution in [1.82, 2.24) is 20.1 Å². The Balaban J connectivity index is 1.26. The number of aryl methyl sites for hydroxylation is 1. The lowest BCUT2D eigenvalue weighted by Crippen LogP contribution is -2.54. The molecule has 2 amide bonds. The van der Waals surface area contributed by atoms with Gasteiger partial charge in [-0.15, -0.1) is 11.3 Å². The van der Waals surface area contributed by atoms with Crippen LogP contribution in [-0.4, -0.2) is 65.2 Å². The third-order valence-corrected chi connectivity index (χ3v) is 6.84. The molecule has 3 heterocycles. The van der Waals surface area contributed by atoms with E-state index in [2.05, 4.69) is 20.6 Å². The number of amides is 2. The molecule has 6 nitrogen and oxygen atoms in total. The molecule has 0 radical (unpaired) electrons. The number of urea groups is 1. The molecule has 26 heavy (non-hydrogen) atoms. The normalized spacial score (nSPS) is 26.3. The van der Waals surface area contributed by atoms with Crippen LogP contribution >= 0.6 is 11.3 Å². The highest BCUT2D eigenvalue weighted by Gasteiger charge is 2.43. The van der Waals surface area contributed by atoms with Crippen molar-refractivity contribution in [2.24, 2.45) is 0 Å². The minimum atomic E-state index is 0.0808. The monoisotopic (exact) mass is 378 g/mol. The number of hydrogen-bond acceptors (Lipinski definition) is 5. The van der Waals surface area contributed by atoms with Gasteiger partial charge >= 0.3 is 6.03 Å². The molecule has 1 aliphatic carbocycles. The molecule has 3 fully saturated rings. The first kappa shape index (κ1) is 18.2. The van der Waals surface area contributed by atoms with Crippen molar-refractivity contribution in [3.63, 3.8) is 0 Å². The Hall–Kier alpha value is -1.18. The second-order valence-corrected chi connectivity index (χ2v) is 9.06. The van der Waals surface area contributed by atoms with E-state index in [4.69, 9.17) is 4.74 Å². The number of hydrogen-bond donors (Lipinski definition) is 1. The van der Waals surface area contributed by atoms with Crippen LogP contribution in [0.25, 0.3) is 0 Å². The first-order valence-electron chi connectivity index (χ1n) is 9.95. The lowest BCUT2D eigenvalue weighted by molar-refractivity contribution is -0.134. The van der Waals surface area contributed by atoms with Gasteiger partial charge in [0, 0.05) is 50.8 Å². The van der Waals surface area contributed by atoms with Crippen molar-refractivity contribution in [3.05, 3.63) is 16.1 Å². The number of nitrogens with one attached hydrogen (secondary N) is 1. The van der Waals surface area contributed by atoms with Gasteiger partial charge < -0.3 is 15.0 Å². The molecule has 1 spiro atoms. The van der Waals surface area contributed by atoms with Gasteiger partial charge in [-0.3, -0.25) is 4.90 Å². The molecule has 1 N–H and O–H groups in total. The molecule has 1 unspecified atom stereocenters. The molecule has 1 saturated carbocycles. The molecule has 0 aromatic carbocycles. The summed E-state index contributed by atoms with van der Waals surface area (Å²) in [5.74, 6) is 0.